The summed E-state index contributed by atoms with van der Waals surface area (Å²) >= 11 is 0. The van der Waals surface area contributed by atoms with E-state index in [-0.39, 0.29) is 6.54 Å². The number of rotatable bonds is 8. The average molecular weight is 382 g/mol. The van der Waals surface area contributed by atoms with Crippen LogP contribution >= 0.6 is 0 Å². The third-order valence-electron chi connectivity index (χ3n) is 3.83. The van der Waals surface area contributed by atoms with Gasteiger partial charge in [-0.05, 0) is 17.3 Å². The van der Waals surface area contributed by atoms with Gasteiger partial charge in [0.1, 0.15) is 11.5 Å². The normalized spacial score (nSPS) is 10.4. The maximum atomic E-state index is 12.3. The van der Waals surface area contributed by atoms with Gasteiger partial charge in [0.25, 0.3) is 0 Å². The Morgan fingerprint density at radius 3 is 2.54 bits per heavy atom. The Kier molecular flexibility index (Phi) is 5.95. The lowest BCUT2D eigenvalue weighted by Gasteiger charge is -2.09. The average Bonchev–Trinajstić information content (AvgIpc) is 3.20. The molecule has 0 unspecified atom stereocenters. The number of ether oxygens (including phenoxy) is 3. The van der Waals surface area contributed by atoms with Gasteiger partial charge >= 0.3 is 5.97 Å². The standard InChI is InChI=1S/C19H18N4O5/c1-26-14-8-9-15(17(10-14)27-2)16(24)12-28-18(25)11-23-21-19(20-22-23)13-6-4-3-5-7-13/h3-10H,11-12H2,1-2H3. The molecule has 0 bridgehead atoms. The summed E-state index contributed by atoms with van der Waals surface area (Å²) in [4.78, 5) is 25.4. The van der Waals surface area contributed by atoms with Crippen LogP contribution in [0.4, 0.5) is 0 Å². The third kappa shape index (κ3) is 4.50. The van der Waals surface area contributed by atoms with Crippen molar-refractivity contribution >= 4 is 11.8 Å². The van der Waals surface area contributed by atoms with Crippen LogP contribution in [0.1, 0.15) is 10.4 Å². The summed E-state index contributed by atoms with van der Waals surface area (Å²) in [7, 11) is 2.96. The number of esters is 1. The van der Waals surface area contributed by atoms with E-state index in [0.717, 1.165) is 10.4 Å². The van der Waals surface area contributed by atoms with Crippen LogP contribution < -0.4 is 9.47 Å². The first-order valence-corrected chi connectivity index (χ1v) is 8.35. The predicted octanol–water partition coefficient (Wildman–Crippen LogP) is 1.78. The van der Waals surface area contributed by atoms with Crippen LogP contribution in [0, 0.1) is 0 Å². The first-order chi connectivity index (χ1) is 13.6. The molecule has 0 amide bonds. The monoisotopic (exact) mass is 382 g/mol. The molecule has 144 valence electrons. The molecule has 0 saturated heterocycles. The SMILES string of the molecule is COc1ccc(C(=O)COC(=O)Cn2nnc(-c3ccccc3)n2)c(OC)c1. The fourth-order valence-corrected chi connectivity index (χ4v) is 2.43. The second kappa shape index (κ2) is 8.76. The Morgan fingerprint density at radius 2 is 1.82 bits per heavy atom. The van der Waals surface area contributed by atoms with Gasteiger partial charge < -0.3 is 14.2 Å². The molecule has 0 fully saturated rings. The van der Waals surface area contributed by atoms with Crippen LogP contribution in [0.25, 0.3) is 11.4 Å². The van der Waals surface area contributed by atoms with E-state index >= 15 is 0 Å². The zero-order valence-corrected chi connectivity index (χ0v) is 15.4. The summed E-state index contributed by atoms with van der Waals surface area (Å²) in [6.07, 6.45) is 0. The molecule has 0 N–H and O–H groups in total. The number of benzene rings is 2. The van der Waals surface area contributed by atoms with E-state index in [1.54, 1.807) is 18.2 Å². The molecule has 28 heavy (non-hydrogen) atoms. The Morgan fingerprint density at radius 1 is 1.04 bits per heavy atom. The zero-order chi connectivity index (χ0) is 19.9. The number of tetrazole rings is 1. The van der Waals surface area contributed by atoms with Gasteiger partial charge in [0.05, 0.1) is 19.8 Å². The Labute approximate surface area is 160 Å². The van der Waals surface area contributed by atoms with Crippen molar-refractivity contribution < 1.29 is 23.8 Å². The second-order valence-corrected chi connectivity index (χ2v) is 5.66. The van der Waals surface area contributed by atoms with E-state index in [1.165, 1.54) is 14.2 Å². The van der Waals surface area contributed by atoms with E-state index in [9.17, 15) is 9.59 Å². The zero-order valence-electron chi connectivity index (χ0n) is 15.4. The Hall–Kier alpha value is -3.75. The lowest BCUT2D eigenvalue weighted by atomic mass is 10.1. The summed E-state index contributed by atoms with van der Waals surface area (Å²) in [5.74, 6) is 0.234. The molecule has 1 aromatic heterocycles. The van der Waals surface area contributed by atoms with Gasteiger partial charge in [-0.1, -0.05) is 30.3 Å². The summed E-state index contributed by atoms with van der Waals surface area (Å²) in [5, 5.41) is 11.8. The Bertz CT molecular complexity index is 971. The van der Waals surface area contributed by atoms with E-state index in [4.69, 9.17) is 14.2 Å². The van der Waals surface area contributed by atoms with Gasteiger partial charge in [0, 0.05) is 11.6 Å². The lowest BCUT2D eigenvalue weighted by molar-refractivity contribution is -0.143. The quantitative estimate of drug-likeness (QED) is 0.429. The largest absolute Gasteiger partial charge is 0.497 e. The highest BCUT2D eigenvalue weighted by atomic mass is 16.5. The van der Waals surface area contributed by atoms with Crippen molar-refractivity contribution in [2.24, 2.45) is 0 Å². The molecule has 2 aromatic carbocycles. The number of carbonyl (C=O) groups excluding carboxylic acids is 2. The topological polar surface area (TPSA) is 105 Å². The van der Waals surface area contributed by atoms with Gasteiger partial charge in [-0.3, -0.25) is 4.79 Å². The van der Waals surface area contributed by atoms with Crippen molar-refractivity contribution in [3.05, 3.63) is 54.1 Å². The Balaban J connectivity index is 1.57. The molecule has 9 nitrogen and oxygen atoms in total. The lowest BCUT2D eigenvalue weighted by Crippen LogP contribution is -2.20. The van der Waals surface area contributed by atoms with Crippen LogP contribution in [0.3, 0.4) is 0 Å². The highest BCUT2D eigenvalue weighted by Crippen LogP contribution is 2.25. The molecule has 0 aliphatic carbocycles. The fourth-order valence-electron chi connectivity index (χ4n) is 2.43. The predicted molar refractivity (Wildman–Crippen MR) is 98.1 cm³/mol. The molecule has 0 aliphatic rings. The van der Waals surface area contributed by atoms with E-state index in [0.29, 0.717) is 22.9 Å². The molecule has 3 aromatic rings. The van der Waals surface area contributed by atoms with Gasteiger partial charge in [-0.15, -0.1) is 10.2 Å². The number of methoxy groups -OCH3 is 2. The van der Waals surface area contributed by atoms with Crippen LogP contribution in [0.2, 0.25) is 0 Å². The smallest absolute Gasteiger partial charge is 0.330 e. The van der Waals surface area contributed by atoms with Crippen molar-refractivity contribution in [1.82, 2.24) is 20.2 Å². The van der Waals surface area contributed by atoms with Crippen molar-refractivity contribution in [1.29, 1.82) is 0 Å². The number of aromatic nitrogens is 4. The molecule has 0 atom stereocenters. The summed E-state index contributed by atoms with van der Waals surface area (Å²) < 4.78 is 15.3. The maximum Gasteiger partial charge on any atom is 0.330 e. The molecule has 0 saturated carbocycles. The van der Waals surface area contributed by atoms with Gasteiger partial charge in [-0.2, -0.15) is 4.80 Å². The number of nitrogens with zero attached hydrogens (tertiary/aromatic N) is 4. The molecule has 1 heterocycles. The van der Waals surface area contributed by atoms with Gasteiger partial charge in [0.15, 0.2) is 13.2 Å². The minimum Gasteiger partial charge on any atom is -0.497 e. The van der Waals surface area contributed by atoms with Crippen molar-refractivity contribution in [3.63, 3.8) is 0 Å². The molecular formula is C19H18N4O5. The van der Waals surface area contributed by atoms with E-state index in [2.05, 4.69) is 15.4 Å². The molecule has 0 aliphatic heterocycles. The highest BCUT2D eigenvalue weighted by Gasteiger charge is 2.16. The van der Waals surface area contributed by atoms with Gasteiger partial charge in [0.2, 0.25) is 11.6 Å². The molecule has 0 spiro atoms. The molecule has 3 rings (SSSR count). The summed E-state index contributed by atoms with van der Waals surface area (Å²) in [6, 6.07) is 14.0. The number of carbonyl (C=O) groups is 2. The molecule has 0 radical (unpaired) electrons. The van der Waals surface area contributed by atoms with Crippen LogP contribution in [0.15, 0.2) is 48.5 Å². The number of ketones is 1. The van der Waals surface area contributed by atoms with Gasteiger partial charge in [-0.25, -0.2) is 4.79 Å². The fraction of sp³-hybridized carbons (Fsp3) is 0.211. The van der Waals surface area contributed by atoms with E-state index < -0.39 is 18.4 Å². The minimum atomic E-state index is -0.655. The number of Topliss-reactive ketones (excluding diaryl/α,β-unsaturated/α-hetero) is 1. The number of hydrogen-bond donors (Lipinski definition) is 0. The van der Waals surface area contributed by atoms with Crippen molar-refractivity contribution in [2.45, 2.75) is 6.54 Å². The summed E-state index contributed by atoms with van der Waals surface area (Å²) in [5.41, 5.74) is 1.07. The second-order valence-electron chi connectivity index (χ2n) is 5.66. The highest BCUT2D eigenvalue weighted by molar-refractivity contribution is 6.00. The number of hydrogen-bond acceptors (Lipinski definition) is 8. The van der Waals surface area contributed by atoms with Crippen LogP contribution in [0.5, 0.6) is 11.5 Å². The minimum absolute atomic E-state index is 0.257. The molecule has 9 heteroatoms. The molecular weight excluding hydrogens is 364 g/mol. The first-order valence-electron chi connectivity index (χ1n) is 8.35. The maximum absolute atomic E-state index is 12.3. The first kappa shape index (κ1) is 19.0. The van der Waals surface area contributed by atoms with Crippen LogP contribution in [-0.4, -0.2) is 52.8 Å². The van der Waals surface area contributed by atoms with Crippen LogP contribution in [-0.2, 0) is 16.1 Å². The third-order valence-corrected chi connectivity index (χ3v) is 3.83. The van der Waals surface area contributed by atoms with E-state index in [1.807, 2.05) is 30.3 Å². The summed E-state index contributed by atoms with van der Waals surface area (Å²) in [6.45, 7) is -0.686. The van der Waals surface area contributed by atoms with Crippen molar-refractivity contribution in [2.75, 3.05) is 20.8 Å². The van der Waals surface area contributed by atoms with Crippen molar-refractivity contribution in [3.8, 4) is 22.9 Å².